The van der Waals surface area contributed by atoms with Crippen molar-refractivity contribution in [3.05, 3.63) is 36.0 Å². The first-order valence-corrected chi connectivity index (χ1v) is 4.12. The van der Waals surface area contributed by atoms with E-state index in [0.29, 0.717) is 0 Å². The van der Waals surface area contributed by atoms with Crippen LogP contribution < -0.4 is 4.84 Å². The lowest BCUT2D eigenvalue weighted by Crippen LogP contribution is -2.23. The number of hydroxylamine groups is 2. The van der Waals surface area contributed by atoms with Crippen LogP contribution in [0.2, 0.25) is 0 Å². The molecule has 1 aromatic carbocycles. The molecule has 1 heterocycles. The van der Waals surface area contributed by atoms with Crippen LogP contribution in [0, 0.1) is 0 Å². The largest absolute Gasteiger partial charge is 0.380 e. The van der Waals surface area contributed by atoms with Crippen molar-refractivity contribution >= 4 is 6.08 Å². The quantitative estimate of drug-likeness (QED) is 0.626. The Morgan fingerprint density at radius 2 is 2.17 bits per heavy atom. The predicted octanol–water partition coefficient (Wildman–Crippen LogP) is 2.29. The van der Waals surface area contributed by atoms with Crippen LogP contribution in [0.1, 0.15) is 12.5 Å². The van der Waals surface area contributed by atoms with Crippen molar-refractivity contribution in [3.8, 4) is 5.75 Å². The number of benzene rings is 1. The molecule has 0 aromatic heterocycles. The Labute approximate surface area is 72.0 Å². The Hall–Kier alpha value is -1.44. The van der Waals surface area contributed by atoms with Crippen LogP contribution in [0.15, 0.2) is 30.5 Å². The Balaban J connectivity index is 2.33. The van der Waals surface area contributed by atoms with E-state index >= 15 is 0 Å². The third-order valence-electron chi connectivity index (χ3n) is 1.87. The zero-order valence-electron chi connectivity index (χ0n) is 7.03. The molecule has 0 bridgehead atoms. The molecule has 0 atom stereocenters. The molecule has 0 aliphatic carbocycles. The third kappa shape index (κ3) is 1.16. The molecule has 1 aliphatic heterocycles. The summed E-state index contributed by atoms with van der Waals surface area (Å²) in [5.74, 6) is 0.932. The van der Waals surface area contributed by atoms with Crippen LogP contribution in [0.25, 0.3) is 6.08 Å². The molecule has 2 heteroatoms. The number of hydrogen-bond acceptors (Lipinski definition) is 2. The summed E-state index contributed by atoms with van der Waals surface area (Å²) in [5.41, 5.74) is 1.14. The van der Waals surface area contributed by atoms with Crippen LogP contribution in [-0.2, 0) is 0 Å². The first-order valence-electron chi connectivity index (χ1n) is 4.12. The van der Waals surface area contributed by atoms with Crippen molar-refractivity contribution in [2.45, 2.75) is 6.92 Å². The van der Waals surface area contributed by atoms with E-state index in [0.717, 1.165) is 17.9 Å². The molecular weight excluding hydrogens is 150 g/mol. The minimum Gasteiger partial charge on any atom is -0.380 e. The number of para-hydroxylation sites is 1. The summed E-state index contributed by atoms with van der Waals surface area (Å²) in [7, 11) is 0. The summed E-state index contributed by atoms with van der Waals surface area (Å²) in [6.07, 6.45) is 4.00. The van der Waals surface area contributed by atoms with Gasteiger partial charge in [-0.15, -0.1) is 0 Å². The molecule has 62 valence electrons. The van der Waals surface area contributed by atoms with Crippen LogP contribution in [-0.4, -0.2) is 11.6 Å². The maximum absolute atomic E-state index is 5.53. The van der Waals surface area contributed by atoms with Crippen molar-refractivity contribution in [2.75, 3.05) is 6.54 Å². The molecule has 0 saturated heterocycles. The first kappa shape index (κ1) is 7.22. The van der Waals surface area contributed by atoms with E-state index in [4.69, 9.17) is 4.84 Å². The molecular formula is C10H11NO. The molecule has 2 rings (SSSR count). The van der Waals surface area contributed by atoms with E-state index in [9.17, 15) is 0 Å². The van der Waals surface area contributed by atoms with Gasteiger partial charge in [-0.1, -0.05) is 18.2 Å². The SMILES string of the molecule is CCN1C=Cc2ccccc2O1. The molecule has 2 nitrogen and oxygen atoms in total. The Bertz CT molecular complexity index is 306. The highest BCUT2D eigenvalue weighted by atomic mass is 16.7. The fourth-order valence-corrected chi connectivity index (χ4v) is 1.19. The van der Waals surface area contributed by atoms with Gasteiger partial charge in [0.25, 0.3) is 0 Å². The molecule has 0 fully saturated rings. The monoisotopic (exact) mass is 161 g/mol. The van der Waals surface area contributed by atoms with Crippen molar-refractivity contribution in [1.29, 1.82) is 0 Å². The minimum absolute atomic E-state index is 0.866. The smallest absolute Gasteiger partial charge is 0.162 e. The van der Waals surface area contributed by atoms with Crippen LogP contribution in [0.3, 0.4) is 0 Å². The average Bonchev–Trinajstić information content (AvgIpc) is 2.17. The Morgan fingerprint density at radius 3 is 3.00 bits per heavy atom. The highest BCUT2D eigenvalue weighted by molar-refractivity contribution is 5.58. The highest BCUT2D eigenvalue weighted by Gasteiger charge is 2.08. The fraction of sp³-hybridized carbons (Fsp3) is 0.200. The van der Waals surface area contributed by atoms with Gasteiger partial charge in [-0.05, 0) is 19.1 Å². The van der Waals surface area contributed by atoms with Crippen molar-refractivity contribution in [3.63, 3.8) is 0 Å². The molecule has 12 heavy (non-hydrogen) atoms. The molecule has 0 radical (unpaired) electrons. The molecule has 0 N–H and O–H groups in total. The number of hydrogen-bond donors (Lipinski definition) is 0. The summed E-state index contributed by atoms with van der Waals surface area (Å²) >= 11 is 0. The van der Waals surface area contributed by atoms with Gasteiger partial charge in [-0.25, -0.2) is 5.06 Å². The van der Waals surface area contributed by atoms with E-state index in [1.54, 1.807) is 0 Å². The van der Waals surface area contributed by atoms with Gasteiger partial charge in [0.2, 0.25) is 0 Å². The van der Waals surface area contributed by atoms with Crippen LogP contribution >= 0.6 is 0 Å². The average molecular weight is 161 g/mol. The summed E-state index contributed by atoms with van der Waals surface area (Å²) < 4.78 is 0. The second-order valence-corrected chi connectivity index (χ2v) is 2.68. The Kier molecular flexibility index (Phi) is 1.74. The topological polar surface area (TPSA) is 12.5 Å². The second-order valence-electron chi connectivity index (χ2n) is 2.68. The van der Waals surface area contributed by atoms with Gasteiger partial charge in [0.15, 0.2) is 5.75 Å². The van der Waals surface area contributed by atoms with Crippen molar-refractivity contribution in [2.24, 2.45) is 0 Å². The van der Waals surface area contributed by atoms with Gasteiger partial charge in [0.1, 0.15) is 0 Å². The van der Waals surface area contributed by atoms with Gasteiger partial charge in [-0.2, -0.15) is 0 Å². The van der Waals surface area contributed by atoms with Crippen LogP contribution in [0.4, 0.5) is 0 Å². The lowest BCUT2D eigenvalue weighted by Gasteiger charge is -2.23. The van der Waals surface area contributed by atoms with Gasteiger partial charge in [0, 0.05) is 11.8 Å². The van der Waals surface area contributed by atoms with Gasteiger partial charge in [-0.3, -0.25) is 0 Å². The standard InChI is InChI=1S/C10H11NO/c1-2-11-8-7-9-5-3-4-6-10(9)12-11/h3-8H,2H2,1H3. The zero-order chi connectivity index (χ0) is 8.39. The molecule has 0 saturated carbocycles. The highest BCUT2D eigenvalue weighted by Crippen LogP contribution is 2.24. The lowest BCUT2D eigenvalue weighted by atomic mass is 10.2. The van der Waals surface area contributed by atoms with Crippen molar-refractivity contribution < 1.29 is 4.84 Å². The summed E-state index contributed by atoms with van der Waals surface area (Å²) in [5, 5.41) is 1.81. The normalized spacial score (nSPS) is 13.9. The molecule has 1 aromatic rings. The van der Waals surface area contributed by atoms with Crippen molar-refractivity contribution in [1.82, 2.24) is 5.06 Å². The predicted molar refractivity (Wildman–Crippen MR) is 48.5 cm³/mol. The summed E-state index contributed by atoms with van der Waals surface area (Å²) in [6, 6.07) is 8.00. The van der Waals surface area contributed by atoms with E-state index in [1.165, 1.54) is 0 Å². The number of rotatable bonds is 1. The maximum atomic E-state index is 5.53. The maximum Gasteiger partial charge on any atom is 0.162 e. The number of fused-ring (bicyclic) bond motifs is 1. The van der Waals surface area contributed by atoms with E-state index < -0.39 is 0 Å². The molecule has 0 spiro atoms. The van der Waals surface area contributed by atoms with E-state index in [2.05, 4.69) is 13.0 Å². The molecule has 0 unspecified atom stereocenters. The molecule has 1 aliphatic rings. The van der Waals surface area contributed by atoms with Gasteiger partial charge in [0.05, 0.1) is 6.54 Å². The second kappa shape index (κ2) is 2.89. The minimum atomic E-state index is 0.866. The number of nitrogens with zero attached hydrogens (tertiary/aromatic N) is 1. The van der Waals surface area contributed by atoms with E-state index in [1.807, 2.05) is 35.5 Å². The zero-order valence-corrected chi connectivity index (χ0v) is 7.03. The summed E-state index contributed by atoms with van der Waals surface area (Å²) in [4.78, 5) is 5.53. The fourth-order valence-electron chi connectivity index (χ4n) is 1.19. The van der Waals surface area contributed by atoms with Gasteiger partial charge >= 0.3 is 0 Å². The summed E-state index contributed by atoms with van der Waals surface area (Å²) in [6.45, 7) is 2.92. The van der Waals surface area contributed by atoms with Gasteiger partial charge < -0.3 is 4.84 Å². The van der Waals surface area contributed by atoms with E-state index in [-0.39, 0.29) is 0 Å². The third-order valence-corrected chi connectivity index (χ3v) is 1.87. The molecule has 0 amide bonds. The Morgan fingerprint density at radius 1 is 1.33 bits per heavy atom. The van der Waals surface area contributed by atoms with Crippen LogP contribution in [0.5, 0.6) is 5.75 Å². The lowest BCUT2D eigenvalue weighted by molar-refractivity contribution is -0.00423. The first-order chi connectivity index (χ1) is 5.90.